The topological polar surface area (TPSA) is 55.2 Å². The number of nitro groups is 1. The zero-order chi connectivity index (χ0) is 12.1. The van der Waals surface area contributed by atoms with Crippen LogP contribution >= 0.6 is 0 Å². The molecule has 86 valence electrons. The molecule has 0 atom stereocenters. The van der Waals surface area contributed by atoms with E-state index >= 15 is 0 Å². The van der Waals surface area contributed by atoms with E-state index in [0.29, 0.717) is 0 Å². The Labute approximate surface area is 94.8 Å². The molecule has 0 aliphatic carbocycles. The Hall–Kier alpha value is -1.42. The van der Waals surface area contributed by atoms with Crippen molar-refractivity contribution in [2.75, 3.05) is 0 Å². The Bertz CT molecular complexity index is 464. The summed E-state index contributed by atoms with van der Waals surface area (Å²) < 4.78 is 0. The quantitative estimate of drug-likeness (QED) is 0.584. The molecule has 0 amide bonds. The fraction of sp³-hybridized carbons (Fsp3) is 0.500. The molecule has 0 bridgehead atoms. The lowest BCUT2D eigenvalue weighted by molar-refractivity contribution is -0.385. The molecular formula is C12H16N2O2. The van der Waals surface area contributed by atoms with E-state index in [4.69, 9.17) is 0 Å². The SMILES string of the molecule is CC1(C)NC(C)(C)c2cc([N+](=O)[O-])ccc21. The van der Waals surface area contributed by atoms with Gasteiger partial charge in [0, 0.05) is 23.2 Å². The predicted molar refractivity (Wildman–Crippen MR) is 62.3 cm³/mol. The Balaban J connectivity index is 2.63. The molecule has 0 spiro atoms. The summed E-state index contributed by atoms with van der Waals surface area (Å²) in [7, 11) is 0. The number of nitrogens with zero attached hydrogens (tertiary/aromatic N) is 1. The van der Waals surface area contributed by atoms with Gasteiger partial charge in [0.05, 0.1) is 4.92 Å². The fourth-order valence-electron chi connectivity index (χ4n) is 2.62. The predicted octanol–water partition coefficient (Wildman–Crippen LogP) is 2.67. The minimum atomic E-state index is -0.346. The van der Waals surface area contributed by atoms with Gasteiger partial charge in [-0.1, -0.05) is 6.07 Å². The Morgan fingerprint density at radius 3 is 2.25 bits per heavy atom. The minimum Gasteiger partial charge on any atom is -0.299 e. The van der Waals surface area contributed by atoms with Crippen LogP contribution in [0.4, 0.5) is 5.69 Å². The zero-order valence-corrected chi connectivity index (χ0v) is 10.00. The molecule has 4 heteroatoms. The second-order valence-electron chi connectivity index (χ2n) is 5.36. The molecule has 1 aliphatic heterocycles. The molecule has 1 N–H and O–H groups in total. The molecule has 0 radical (unpaired) electrons. The van der Waals surface area contributed by atoms with Crippen molar-refractivity contribution in [3.05, 3.63) is 39.4 Å². The second-order valence-corrected chi connectivity index (χ2v) is 5.36. The van der Waals surface area contributed by atoms with E-state index in [9.17, 15) is 10.1 Å². The van der Waals surface area contributed by atoms with Gasteiger partial charge in [0.25, 0.3) is 5.69 Å². The van der Waals surface area contributed by atoms with Crippen molar-refractivity contribution >= 4 is 5.69 Å². The molecule has 0 saturated carbocycles. The van der Waals surface area contributed by atoms with Crippen molar-refractivity contribution in [2.24, 2.45) is 0 Å². The first kappa shape index (κ1) is 11.1. The Morgan fingerprint density at radius 1 is 1.12 bits per heavy atom. The lowest BCUT2D eigenvalue weighted by Gasteiger charge is -2.25. The maximum Gasteiger partial charge on any atom is 0.269 e. The number of non-ortho nitro benzene ring substituents is 1. The summed E-state index contributed by atoms with van der Waals surface area (Å²) in [6.45, 7) is 8.27. The molecular weight excluding hydrogens is 204 g/mol. The van der Waals surface area contributed by atoms with Crippen LogP contribution in [0.3, 0.4) is 0 Å². The first-order valence-corrected chi connectivity index (χ1v) is 5.33. The van der Waals surface area contributed by atoms with E-state index in [2.05, 4.69) is 19.2 Å². The highest BCUT2D eigenvalue weighted by Gasteiger charge is 2.41. The molecule has 1 aromatic carbocycles. The van der Waals surface area contributed by atoms with Crippen LogP contribution in [-0.2, 0) is 11.1 Å². The Kier molecular flexibility index (Phi) is 2.11. The summed E-state index contributed by atoms with van der Waals surface area (Å²) in [5.41, 5.74) is 1.97. The highest BCUT2D eigenvalue weighted by atomic mass is 16.6. The summed E-state index contributed by atoms with van der Waals surface area (Å²) >= 11 is 0. The van der Waals surface area contributed by atoms with Gasteiger partial charge in [0.15, 0.2) is 0 Å². The first-order chi connectivity index (χ1) is 7.24. The summed E-state index contributed by atoms with van der Waals surface area (Å²) in [6, 6.07) is 5.11. The van der Waals surface area contributed by atoms with Crippen LogP contribution in [0.5, 0.6) is 0 Å². The van der Waals surface area contributed by atoms with Crippen LogP contribution in [0.25, 0.3) is 0 Å². The minimum absolute atomic E-state index is 0.131. The third kappa shape index (κ3) is 1.50. The molecule has 0 saturated heterocycles. The molecule has 2 rings (SSSR count). The highest BCUT2D eigenvalue weighted by Crippen LogP contribution is 2.41. The molecule has 16 heavy (non-hydrogen) atoms. The molecule has 0 fully saturated rings. The standard InChI is InChI=1S/C12H16N2O2/c1-11(2)9-6-5-8(14(15)16)7-10(9)12(3,4)13-11/h5-7,13H,1-4H3. The van der Waals surface area contributed by atoms with Gasteiger partial charge in [-0.25, -0.2) is 0 Å². The molecule has 4 nitrogen and oxygen atoms in total. The third-order valence-electron chi connectivity index (χ3n) is 3.19. The Morgan fingerprint density at radius 2 is 1.69 bits per heavy atom. The van der Waals surface area contributed by atoms with Crippen LogP contribution in [0.2, 0.25) is 0 Å². The maximum absolute atomic E-state index is 10.8. The van der Waals surface area contributed by atoms with Crippen molar-refractivity contribution in [3.8, 4) is 0 Å². The average Bonchev–Trinajstić information content (AvgIpc) is 2.32. The van der Waals surface area contributed by atoms with E-state index in [-0.39, 0.29) is 21.7 Å². The van der Waals surface area contributed by atoms with Gasteiger partial charge in [-0.2, -0.15) is 0 Å². The van der Waals surface area contributed by atoms with Gasteiger partial charge < -0.3 is 0 Å². The van der Waals surface area contributed by atoms with E-state index in [1.165, 1.54) is 0 Å². The fourth-order valence-corrected chi connectivity index (χ4v) is 2.62. The van der Waals surface area contributed by atoms with E-state index in [1.54, 1.807) is 12.1 Å². The number of nitrogens with one attached hydrogen (secondary N) is 1. The molecule has 0 aromatic heterocycles. The van der Waals surface area contributed by atoms with Crippen LogP contribution in [-0.4, -0.2) is 4.92 Å². The number of hydrogen-bond donors (Lipinski definition) is 1. The van der Waals surface area contributed by atoms with Crippen LogP contribution < -0.4 is 5.32 Å². The van der Waals surface area contributed by atoms with Crippen molar-refractivity contribution in [1.29, 1.82) is 0 Å². The van der Waals surface area contributed by atoms with Gasteiger partial charge in [0.2, 0.25) is 0 Å². The van der Waals surface area contributed by atoms with E-state index < -0.39 is 0 Å². The monoisotopic (exact) mass is 220 g/mol. The zero-order valence-electron chi connectivity index (χ0n) is 10.00. The third-order valence-corrected chi connectivity index (χ3v) is 3.19. The van der Waals surface area contributed by atoms with E-state index in [0.717, 1.165) is 11.1 Å². The summed E-state index contributed by atoms with van der Waals surface area (Å²) in [5.74, 6) is 0. The maximum atomic E-state index is 10.8. The molecule has 1 aliphatic rings. The van der Waals surface area contributed by atoms with Gasteiger partial charge >= 0.3 is 0 Å². The van der Waals surface area contributed by atoms with Crippen LogP contribution in [0.15, 0.2) is 18.2 Å². The number of nitro benzene ring substituents is 1. The number of rotatable bonds is 1. The van der Waals surface area contributed by atoms with Crippen LogP contribution in [0, 0.1) is 10.1 Å². The van der Waals surface area contributed by atoms with Gasteiger partial charge in [-0.3, -0.25) is 15.4 Å². The molecule has 0 unspecified atom stereocenters. The number of hydrogen-bond acceptors (Lipinski definition) is 3. The number of benzene rings is 1. The van der Waals surface area contributed by atoms with Crippen molar-refractivity contribution < 1.29 is 4.92 Å². The highest BCUT2D eigenvalue weighted by molar-refractivity contribution is 5.49. The summed E-state index contributed by atoms with van der Waals surface area (Å²) in [5, 5.41) is 14.2. The van der Waals surface area contributed by atoms with Crippen molar-refractivity contribution in [3.63, 3.8) is 0 Å². The normalized spacial score (nSPS) is 20.5. The largest absolute Gasteiger partial charge is 0.299 e. The van der Waals surface area contributed by atoms with Gasteiger partial charge in [-0.05, 0) is 38.8 Å². The van der Waals surface area contributed by atoms with E-state index in [1.807, 2.05) is 19.9 Å². The summed E-state index contributed by atoms with van der Waals surface area (Å²) in [4.78, 5) is 10.4. The van der Waals surface area contributed by atoms with Crippen molar-refractivity contribution in [1.82, 2.24) is 5.32 Å². The smallest absolute Gasteiger partial charge is 0.269 e. The summed E-state index contributed by atoms with van der Waals surface area (Å²) in [6.07, 6.45) is 0. The lowest BCUT2D eigenvalue weighted by atomic mass is 9.90. The van der Waals surface area contributed by atoms with Gasteiger partial charge in [-0.15, -0.1) is 0 Å². The van der Waals surface area contributed by atoms with Crippen molar-refractivity contribution in [2.45, 2.75) is 38.8 Å². The van der Waals surface area contributed by atoms with Gasteiger partial charge in [0.1, 0.15) is 0 Å². The average molecular weight is 220 g/mol. The second kappa shape index (κ2) is 3.04. The molecule has 1 aromatic rings. The van der Waals surface area contributed by atoms with Crippen LogP contribution in [0.1, 0.15) is 38.8 Å². The first-order valence-electron chi connectivity index (χ1n) is 5.33. The lowest BCUT2D eigenvalue weighted by Crippen LogP contribution is -2.39. The molecule has 1 heterocycles. The number of fused-ring (bicyclic) bond motifs is 1.